The van der Waals surface area contributed by atoms with Gasteiger partial charge in [-0.25, -0.2) is 4.79 Å². The smallest absolute Gasteiger partial charge is 0.329 e. The quantitative estimate of drug-likeness (QED) is 0.155. The van der Waals surface area contributed by atoms with E-state index in [1.807, 2.05) is 19.9 Å². The molecule has 0 radical (unpaired) electrons. The topological polar surface area (TPSA) is 195 Å². The molecule has 4 rings (SSSR count). The van der Waals surface area contributed by atoms with Crippen LogP contribution < -0.4 is 0 Å². The van der Waals surface area contributed by atoms with E-state index in [0.717, 1.165) is 4.90 Å². The van der Waals surface area contributed by atoms with E-state index in [9.17, 15) is 39.3 Å². The van der Waals surface area contributed by atoms with Gasteiger partial charge in [-0.3, -0.25) is 19.2 Å². The molecule has 1 unspecified atom stereocenters. The van der Waals surface area contributed by atoms with Gasteiger partial charge in [-0.15, -0.1) is 0 Å². The Morgan fingerprint density at radius 2 is 1.63 bits per heavy atom. The SMILES string of the molecule is [2H]C([2H])([2H])O[C@@H]1C[C@@H]2CC[C@@H](C)[C@@](O)(O2)C(=O)C(=O)N2CCCC[C@H]2C(=O)OC([C@H](C)C[C@@H]2CC[C@@H](O)[C@H](OC)C2)CC(=O)[C@H](C)/C=C(\C)[C@@H](O)[C@@H](OC)C(=O)[C@H](C)C[C@H](C)/C=C/C=C/C=C/1C. The van der Waals surface area contributed by atoms with Crippen LogP contribution in [0.15, 0.2) is 47.6 Å². The Kier molecular flexibility index (Phi) is 19.1. The maximum absolute atomic E-state index is 14.4. The van der Waals surface area contributed by atoms with Crippen LogP contribution in [0, 0.1) is 35.5 Å². The minimum absolute atomic E-state index is 0.0213. The number of nitrogens with zero attached hydrogens (tertiary/aromatic N) is 1. The zero-order valence-corrected chi connectivity index (χ0v) is 40.1. The van der Waals surface area contributed by atoms with Crippen LogP contribution in [0.3, 0.4) is 0 Å². The molecule has 1 aliphatic carbocycles. The summed E-state index contributed by atoms with van der Waals surface area (Å²) in [6, 6.07) is -1.21. The van der Waals surface area contributed by atoms with Crippen LogP contribution in [-0.4, -0.2) is 132 Å². The van der Waals surface area contributed by atoms with Crippen molar-refractivity contribution in [2.45, 2.75) is 180 Å². The molecular weight excluding hydrogens is 835 g/mol. The molecule has 2 saturated heterocycles. The van der Waals surface area contributed by atoms with Crippen molar-refractivity contribution in [1.29, 1.82) is 0 Å². The van der Waals surface area contributed by atoms with Gasteiger partial charge in [0, 0.05) is 58.4 Å². The molecule has 0 aromatic carbocycles. The normalized spacial score (nSPS) is 41.3. The lowest BCUT2D eigenvalue weighted by Gasteiger charge is -2.42. The number of fused-ring (bicyclic) bond motifs is 3. The van der Waals surface area contributed by atoms with E-state index in [-0.39, 0.29) is 67.7 Å². The molecule has 14 nitrogen and oxygen atoms in total. The van der Waals surface area contributed by atoms with E-state index in [4.69, 9.17) is 27.8 Å². The molecular formula is C51H79NO13. The number of carbonyl (C=O) groups excluding carboxylic acids is 5. The van der Waals surface area contributed by atoms with Gasteiger partial charge in [0.05, 0.1) is 28.5 Å². The summed E-state index contributed by atoms with van der Waals surface area (Å²) in [5.74, 6) is -8.82. The number of ketones is 3. The van der Waals surface area contributed by atoms with Crippen molar-refractivity contribution in [2.75, 3.05) is 27.8 Å². The fraction of sp³-hybridized carbons (Fsp3) is 0.745. The van der Waals surface area contributed by atoms with Crippen LogP contribution >= 0.6 is 0 Å². The van der Waals surface area contributed by atoms with Gasteiger partial charge in [0.2, 0.25) is 5.79 Å². The number of hydrogen-bond donors (Lipinski definition) is 3. The van der Waals surface area contributed by atoms with Gasteiger partial charge in [-0.05, 0) is 107 Å². The largest absolute Gasteiger partial charge is 0.460 e. The van der Waals surface area contributed by atoms with Gasteiger partial charge in [0.15, 0.2) is 5.78 Å². The number of aliphatic hydroxyl groups is 3. The first kappa shape index (κ1) is 49.5. The number of rotatable bonds is 6. The molecule has 4 aliphatic rings. The fourth-order valence-electron chi connectivity index (χ4n) is 9.98. The first-order chi connectivity index (χ1) is 31.9. The number of hydrogen-bond acceptors (Lipinski definition) is 13. The second-order valence-corrected chi connectivity index (χ2v) is 19.5. The number of cyclic esters (lactones) is 1. The van der Waals surface area contributed by atoms with Crippen LogP contribution in [0.5, 0.6) is 0 Å². The summed E-state index contributed by atoms with van der Waals surface area (Å²) in [4.78, 5) is 71.9. The van der Waals surface area contributed by atoms with Crippen molar-refractivity contribution >= 4 is 29.2 Å². The van der Waals surface area contributed by atoms with Crippen LogP contribution in [0.4, 0.5) is 0 Å². The molecule has 3 N–H and O–H groups in total. The van der Waals surface area contributed by atoms with E-state index >= 15 is 0 Å². The Hall–Kier alpha value is -3.37. The molecule has 2 bridgehead atoms. The van der Waals surface area contributed by atoms with E-state index in [1.54, 1.807) is 72.1 Å². The van der Waals surface area contributed by atoms with Crippen molar-refractivity contribution in [2.24, 2.45) is 35.5 Å². The van der Waals surface area contributed by atoms with Crippen molar-refractivity contribution in [3.05, 3.63) is 47.6 Å². The number of ether oxygens (including phenoxy) is 5. The van der Waals surface area contributed by atoms with Crippen LogP contribution in [0.25, 0.3) is 0 Å². The third-order valence-corrected chi connectivity index (χ3v) is 14.3. The zero-order valence-electron chi connectivity index (χ0n) is 43.1. The number of carbonyl (C=O) groups is 5. The summed E-state index contributed by atoms with van der Waals surface area (Å²) in [6.07, 6.45) is 8.32. The van der Waals surface area contributed by atoms with Gasteiger partial charge < -0.3 is 43.9 Å². The molecule has 65 heavy (non-hydrogen) atoms. The van der Waals surface area contributed by atoms with Gasteiger partial charge in [-0.2, -0.15) is 0 Å². The Morgan fingerprint density at radius 3 is 2.32 bits per heavy atom. The lowest BCUT2D eigenvalue weighted by atomic mass is 9.78. The van der Waals surface area contributed by atoms with E-state index in [1.165, 1.54) is 7.11 Å². The highest BCUT2D eigenvalue weighted by molar-refractivity contribution is 6.39. The number of amides is 1. The highest BCUT2D eigenvalue weighted by Gasteiger charge is 2.53. The van der Waals surface area contributed by atoms with E-state index in [2.05, 4.69) is 0 Å². The van der Waals surface area contributed by atoms with Crippen molar-refractivity contribution in [3.63, 3.8) is 0 Å². The molecule has 15 atom stereocenters. The first-order valence-electron chi connectivity index (χ1n) is 25.2. The second kappa shape index (κ2) is 25.1. The number of piperidine rings is 1. The third-order valence-electron chi connectivity index (χ3n) is 14.3. The number of aliphatic hydroxyl groups excluding tert-OH is 2. The average molecular weight is 917 g/mol. The summed E-state index contributed by atoms with van der Waals surface area (Å²) in [7, 11) is 0.102. The summed E-state index contributed by atoms with van der Waals surface area (Å²) >= 11 is 0. The summed E-state index contributed by atoms with van der Waals surface area (Å²) in [5.41, 5.74) is 0.882. The number of esters is 1. The number of methoxy groups -OCH3 is 3. The molecule has 3 aliphatic heterocycles. The van der Waals surface area contributed by atoms with Crippen LogP contribution in [-0.2, 0) is 47.7 Å². The van der Waals surface area contributed by atoms with Crippen molar-refractivity contribution in [1.82, 2.24) is 4.90 Å². The summed E-state index contributed by atoms with van der Waals surface area (Å²) < 4.78 is 52.5. The van der Waals surface area contributed by atoms with E-state index in [0.29, 0.717) is 62.5 Å². The molecule has 1 saturated carbocycles. The minimum atomic E-state index is -2.80. The summed E-state index contributed by atoms with van der Waals surface area (Å²) in [5, 5.41) is 33.9. The number of allylic oxidation sites excluding steroid dienone is 6. The highest BCUT2D eigenvalue weighted by Crippen LogP contribution is 2.38. The maximum Gasteiger partial charge on any atom is 0.329 e. The zero-order chi connectivity index (χ0) is 50.7. The Bertz CT molecular complexity index is 1870. The molecule has 0 spiro atoms. The summed E-state index contributed by atoms with van der Waals surface area (Å²) in [6.45, 7) is 12.2. The van der Waals surface area contributed by atoms with Gasteiger partial charge in [-0.1, -0.05) is 71.1 Å². The highest BCUT2D eigenvalue weighted by atomic mass is 16.6. The molecule has 366 valence electrons. The lowest BCUT2D eigenvalue weighted by molar-refractivity contribution is -0.265. The Balaban J connectivity index is 1.73. The molecule has 3 fully saturated rings. The Morgan fingerprint density at radius 1 is 0.892 bits per heavy atom. The lowest BCUT2D eigenvalue weighted by Crippen LogP contribution is -2.61. The molecule has 3 heterocycles. The molecule has 0 aromatic rings. The van der Waals surface area contributed by atoms with Crippen molar-refractivity contribution < 1.29 is 67.1 Å². The first-order valence-corrected chi connectivity index (χ1v) is 23.7. The standard InChI is InChI=1S/C51H79NO13/c1-30-16-12-11-13-17-31(2)42(61-8)28-38-21-19-36(7)51(60,65-38)48(57)49(58)52-23-15-14-18-39(52)50(59)64-43(33(4)26-37-20-22-40(53)44(27-37)62-9)29-41(54)32(3)25-35(6)46(56)47(63-10)45(55)34(5)24-30/h11-13,16-17,25,30,32-34,36-40,42-44,46-47,53,56,60H,14-15,18-24,26-29H2,1-10H3/b13-11+,16-12+,31-17+,35-25+/t30-,32-,33-,34-,36-,37+,38+,39+,40-,42-,43?,44-,46-,47+,51-/m1/s1/i8D3. The molecule has 0 aromatic heterocycles. The van der Waals surface area contributed by atoms with Gasteiger partial charge in [0.1, 0.15) is 30.1 Å². The van der Waals surface area contributed by atoms with Gasteiger partial charge in [0.25, 0.3) is 11.7 Å². The molecule has 14 heteroatoms. The van der Waals surface area contributed by atoms with E-state index < -0.39 is 90.9 Å². The average Bonchev–Trinajstić information content (AvgIpc) is 3.28. The number of Topliss-reactive ketones (excluding diaryl/α,β-unsaturated/α-hetero) is 3. The second-order valence-electron chi connectivity index (χ2n) is 19.5. The maximum atomic E-state index is 14.4. The van der Waals surface area contributed by atoms with Crippen molar-refractivity contribution in [3.8, 4) is 0 Å². The monoisotopic (exact) mass is 917 g/mol. The third kappa shape index (κ3) is 14.3. The predicted octanol–water partition coefficient (Wildman–Crippen LogP) is 6.18. The fourth-order valence-corrected chi connectivity index (χ4v) is 9.98. The minimum Gasteiger partial charge on any atom is -0.460 e. The molecule has 1 amide bonds. The Labute approximate surface area is 391 Å². The predicted molar refractivity (Wildman–Crippen MR) is 245 cm³/mol. The van der Waals surface area contributed by atoms with Crippen LogP contribution in [0.2, 0.25) is 0 Å². The van der Waals surface area contributed by atoms with Gasteiger partial charge >= 0.3 is 5.97 Å². The van der Waals surface area contributed by atoms with Crippen LogP contribution in [0.1, 0.15) is 130 Å².